The smallest absolute Gasteiger partial charge is 0.298 e. The van der Waals surface area contributed by atoms with Crippen molar-refractivity contribution in [1.82, 2.24) is 19.9 Å². The van der Waals surface area contributed by atoms with Gasteiger partial charge in [-0.3, -0.25) is 14.2 Å². The average Bonchev–Trinajstić information content (AvgIpc) is 2.59. The summed E-state index contributed by atoms with van der Waals surface area (Å²) < 4.78 is 1.53. The van der Waals surface area contributed by atoms with Gasteiger partial charge in [0.1, 0.15) is 5.82 Å². The number of hydrogen-bond donors (Lipinski definition) is 3. The molecule has 1 aliphatic carbocycles. The Bertz CT molecular complexity index is 933. The van der Waals surface area contributed by atoms with Crippen molar-refractivity contribution in [1.29, 1.82) is 0 Å². The molecule has 3 rings (SSSR count). The van der Waals surface area contributed by atoms with E-state index in [1.54, 1.807) is 19.2 Å². The summed E-state index contributed by atoms with van der Waals surface area (Å²) in [5.74, 6) is 1.20. The number of pyridine rings is 1. The number of nitrogen functional groups attached to an aromatic ring is 1. The van der Waals surface area contributed by atoms with E-state index in [1.165, 1.54) is 30.8 Å². The van der Waals surface area contributed by atoms with Crippen LogP contribution in [0.4, 0.5) is 11.6 Å². The Kier molecular flexibility index (Phi) is 5.96. The fraction of sp³-hybridized carbons (Fsp3) is 0.500. The zero-order valence-electron chi connectivity index (χ0n) is 16.7. The van der Waals surface area contributed by atoms with Crippen molar-refractivity contribution in [2.75, 3.05) is 17.6 Å². The van der Waals surface area contributed by atoms with E-state index in [0.29, 0.717) is 29.4 Å². The van der Waals surface area contributed by atoms with Gasteiger partial charge in [-0.15, -0.1) is 0 Å². The molecule has 1 saturated carbocycles. The lowest BCUT2D eigenvalue weighted by atomic mass is 9.83. The number of hydrogen-bond acceptors (Lipinski definition) is 6. The van der Waals surface area contributed by atoms with Gasteiger partial charge >= 0.3 is 0 Å². The van der Waals surface area contributed by atoms with Crippen molar-refractivity contribution in [2.24, 2.45) is 5.92 Å². The lowest BCUT2D eigenvalue weighted by Gasteiger charge is -2.25. The van der Waals surface area contributed by atoms with Crippen LogP contribution in [-0.4, -0.2) is 27.0 Å². The first-order valence-electron chi connectivity index (χ1n) is 9.70. The fourth-order valence-electron chi connectivity index (χ4n) is 3.36. The van der Waals surface area contributed by atoms with Crippen LogP contribution in [0, 0.1) is 19.8 Å². The van der Waals surface area contributed by atoms with Gasteiger partial charge < -0.3 is 16.4 Å². The van der Waals surface area contributed by atoms with E-state index in [2.05, 4.69) is 20.6 Å². The van der Waals surface area contributed by atoms with Gasteiger partial charge in [0.2, 0.25) is 5.91 Å². The van der Waals surface area contributed by atoms with Crippen LogP contribution in [0.15, 0.2) is 17.1 Å². The number of carbonyl (C=O) groups is 1. The van der Waals surface area contributed by atoms with Crippen molar-refractivity contribution >= 4 is 17.5 Å². The Balaban J connectivity index is 1.91. The third-order valence-electron chi connectivity index (χ3n) is 5.30. The lowest BCUT2D eigenvalue weighted by molar-refractivity contribution is -0.119. The number of rotatable bonds is 7. The summed E-state index contributed by atoms with van der Waals surface area (Å²) in [5.41, 5.74) is 8.57. The number of aromatic nitrogens is 3. The van der Waals surface area contributed by atoms with Crippen LogP contribution >= 0.6 is 0 Å². The summed E-state index contributed by atoms with van der Waals surface area (Å²) in [4.78, 5) is 32.9. The number of aryl methyl sites for hydroxylation is 2. The van der Waals surface area contributed by atoms with E-state index < -0.39 is 0 Å². The quantitative estimate of drug-likeness (QED) is 0.673. The summed E-state index contributed by atoms with van der Waals surface area (Å²) in [6.45, 7) is 6.14. The summed E-state index contributed by atoms with van der Waals surface area (Å²) in [6.07, 6.45) is 6.55. The second-order valence-corrected chi connectivity index (χ2v) is 7.45. The van der Waals surface area contributed by atoms with Gasteiger partial charge in [-0.2, -0.15) is 0 Å². The maximum absolute atomic E-state index is 13.0. The van der Waals surface area contributed by atoms with Crippen LogP contribution in [-0.2, 0) is 11.3 Å². The lowest BCUT2D eigenvalue weighted by Crippen LogP contribution is -2.28. The van der Waals surface area contributed by atoms with E-state index in [1.807, 2.05) is 6.92 Å². The highest BCUT2D eigenvalue weighted by atomic mass is 16.1. The molecule has 2 aromatic heterocycles. The normalized spacial score (nSPS) is 13.8. The second kappa shape index (κ2) is 8.41. The van der Waals surface area contributed by atoms with Gasteiger partial charge in [-0.05, 0) is 37.8 Å². The molecular weight excluding hydrogens is 356 g/mol. The monoisotopic (exact) mass is 384 g/mol. The zero-order chi connectivity index (χ0) is 20.3. The van der Waals surface area contributed by atoms with Crippen molar-refractivity contribution in [3.05, 3.63) is 39.6 Å². The molecule has 8 heteroatoms. The number of nitrogens with two attached hydrogens (primary N) is 1. The first-order chi connectivity index (χ1) is 13.4. The molecule has 2 heterocycles. The molecule has 1 fully saturated rings. The predicted molar refractivity (Wildman–Crippen MR) is 109 cm³/mol. The highest BCUT2D eigenvalue weighted by Crippen LogP contribution is 2.29. The van der Waals surface area contributed by atoms with Crippen LogP contribution in [0.1, 0.15) is 49.6 Å². The fourth-order valence-corrected chi connectivity index (χ4v) is 3.36. The highest BCUT2D eigenvalue weighted by Gasteiger charge is 2.18. The van der Waals surface area contributed by atoms with Crippen LogP contribution in [0.25, 0.3) is 5.69 Å². The van der Waals surface area contributed by atoms with Crippen LogP contribution in [0.3, 0.4) is 0 Å². The first-order valence-corrected chi connectivity index (χ1v) is 9.70. The largest absolute Gasteiger partial charge is 0.382 e. The molecule has 2 aromatic rings. The summed E-state index contributed by atoms with van der Waals surface area (Å²) >= 11 is 0. The molecule has 1 aliphatic rings. The molecule has 4 N–H and O–H groups in total. The number of carbonyl (C=O) groups excluding carboxylic acids is 1. The van der Waals surface area contributed by atoms with Crippen LogP contribution < -0.4 is 21.9 Å². The molecule has 150 valence electrons. The van der Waals surface area contributed by atoms with Gasteiger partial charge in [0, 0.05) is 37.6 Å². The second-order valence-electron chi connectivity index (χ2n) is 7.45. The van der Waals surface area contributed by atoms with Crippen molar-refractivity contribution in [3.63, 3.8) is 0 Å². The van der Waals surface area contributed by atoms with Gasteiger partial charge in [-0.25, -0.2) is 9.97 Å². The first kappa shape index (κ1) is 19.9. The molecule has 0 aromatic carbocycles. The molecule has 28 heavy (non-hydrogen) atoms. The van der Waals surface area contributed by atoms with E-state index in [4.69, 9.17) is 5.73 Å². The van der Waals surface area contributed by atoms with E-state index in [0.717, 1.165) is 24.4 Å². The summed E-state index contributed by atoms with van der Waals surface area (Å²) in [5, 5.41) is 5.93. The van der Waals surface area contributed by atoms with Crippen molar-refractivity contribution in [2.45, 2.75) is 53.0 Å². The van der Waals surface area contributed by atoms with Gasteiger partial charge in [0.25, 0.3) is 5.56 Å². The molecule has 0 atom stereocenters. The molecular formula is C20H28N6O2. The maximum Gasteiger partial charge on any atom is 0.298 e. The van der Waals surface area contributed by atoms with Crippen molar-refractivity contribution in [3.8, 4) is 5.69 Å². The third-order valence-corrected chi connectivity index (χ3v) is 5.30. The third kappa shape index (κ3) is 4.32. The molecule has 8 nitrogen and oxygen atoms in total. The number of nitrogens with zero attached hydrogens (tertiary/aromatic N) is 3. The number of amides is 1. The summed E-state index contributed by atoms with van der Waals surface area (Å²) in [7, 11) is 0. The number of anilines is 2. The van der Waals surface area contributed by atoms with Gasteiger partial charge in [0.05, 0.1) is 5.69 Å². The average molecular weight is 384 g/mol. The SMILES string of the molecule is CC(=O)NCc1cc(-n2c(C)cnc(NCCC3CCC3)c2=O)c(N)nc1C. The molecule has 0 spiro atoms. The summed E-state index contributed by atoms with van der Waals surface area (Å²) in [6, 6.07) is 1.81. The molecule has 0 unspecified atom stereocenters. The van der Waals surface area contributed by atoms with Crippen molar-refractivity contribution < 1.29 is 4.79 Å². The molecule has 0 aliphatic heterocycles. The Hall–Kier alpha value is -2.90. The molecule has 0 bridgehead atoms. The minimum absolute atomic E-state index is 0.131. The molecule has 1 amide bonds. The Morgan fingerprint density at radius 1 is 1.36 bits per heavy atom. The van der Waals surface area contributed by atoms with E-state index in [9.17, 15) is 9.59 Å². The molecule has 0 saturated heterocycles. The predicted octanol–water partition coefficient (Wildman–Crippen LogP) is 2.06. The van der Waals surface area contributed by atoms with Crippen LogP contribution in [0.2, 0.25) is 0 Å². The van der Waals surface area contributed by atoms with E-state index >= 15 is 0 Å². The van der Waals surface area contributed by atoms with E-state index in [-0.39, 0.29) is 17.3 Å². The maximum atomic E-state index is 13.0. The highest BCUT2D eigenvalue weighted by molar-refractivity contribution is 5.73. The zero-order valence-corrected chi connectivity index (χ0v) is 16.7. The van der Waals surface area contributed by atoms with Gasteiger partial charge in [0.15, 0.2) is 5.82 Å². The van der Waals surface area contributed by atoms with Crippen LogP contribution in [0.5, 0.6) is 0 Å². The Morgan fingerprint density at radius 3 is 2.75 bits per heavy atom. The minimum atomic E-state index is -0.253. The topological polar surface area (TPSA) is 115 Å². The standard InChI is InChI=1S/C20H28N6O2/c1-12-10-24-19(22-8-7-15-5-4-6-15)20(28)26(12)17-9-16(11-23-14(3)27)13(2)25-18(17)21/h9-10,15H,4-8,11H2,1-3H3,(H2,21,25)(H,22,24)(H,23,27). The van der Waals surface area contributed by atoms with Gasteiger partial charge in [-0.1, -0.05) is 19.3 Å². The minimum Gasteiger partial charge on any atom is -0.382 e. The Morgan fingerprint density at radius 2 is 2.11 bits per heavy atom. The molecule has 0 radical (unpaired) electrons. The Labute approximate surface area is 164 Å². The number of nitrogens with one attached hydrogen (secondary N) is 2.